The van der Waals surface area contributed by atoms with Crippen LogP contribution in [0.4, 0.5) is 5.69 Å². The Bertz CT molecular complexity index is 1070. The molecule has 0 amide bonds. The number of aromatic amines is 2. The largest absolute Gasteiger partial charge is 0.454 e. The van der Waals surface area contributed by atoms with Crippen molar-refractivity contribution in [2.45, 2.75) is 0 Å². The van der Waals surface area contributed by atoms with Crippen LogP contribution in [0.25, 0.3) is 22.1 Å². The number of aromatic nitrogens is 4. The first-order valence-electron chi connectivity index (χ1n) is 6.79. The first-order chi connectivity index (χ1) is 11.3. The predicted octanol–water partition coefficient (Wildman–Crippen LogP) is 2.85. The standard InChI is InChI=1S/C15H11N5O2S/c21-15-18-13-11(5-7-17-14(13)19-15)22-10-4-3-9(20-23)12-8(10)2-1-6-16-12/h1-7,20,23H,(H2,17,18,19,21). The van der Waals surface area contributed by atoms with E-state index in [0.29, 0.717) is 22.7 Å². The minimum Gasteiger partial charge on any atom is -0.454 e. The van der Waals surface area contributed by atoms with Gasteiger partial charge in [0.05, 0.1) is 11.2 Å². The minimum absolute atomic E-state index is 0.329. The summed E-state index contributed by atoms with van der Waals surface area (Å²) in [4.78, 5) is 25.2. The number of rotatable bonds is 3. The van der Waals surface area contributed by atoms with E-state index in [0.717, 1.165) is 16.6 Å². The van der Waals surface area contributed by atoms with Gasteiger partial charge in [-0.05, 0) is 24.3 Å². The molecule has 0 fully saturated rings. The van der Waals surface area contributed by atoms with E-state index in [1.807, 2.05) is 24.3 Å². The molecule has 0 saturated carbocycles. The fourth-order valence-electron chi connectivity index (χ4n) is 2.44. The molecule has 0 aliphatic heterocycles. The molecule has 4 rings (SSSR count). The number of pyridine rings is 2. The van der Waals surface area contributed by atoms with Crippen LogP contribution < -0.4 is 15.1 Å². The van der Waals surface area contributed by atoms with Crippen molar-refractivity contribution in [2.75, 3.05) is 4.72 Å². The van der Waals surface area contributed by atoms with Crippen LogP contribution in [-0.2, 0) is 0 Å². The summed E-state index contributed by atoms with van der Waals surface area (Å²) in [5.74, 6) is 1.13. The number of ether oxygens (including phenoxy) is 1. The van der Waals surface area contributed by atoms with Crippen molar-refractivity contribution in [1.29, 1.82) is 0 Å². The van der Waals surface area contributed by atoms with Gasteiger partial charge in [0.2, 0.25) is 0 Å². The van der Waals surface area contributed by atoms with Crippen LogP contribution in [0.2, 0.25) is 0 Å². The van der Waals surface area contributed by atoms with Crippen LogP contribution in [0.15, 0.2) is 47.5 Å². The molecule has 1 aromatic carbocycles. The third-order valence-corrected chi connectivity index (χ3v) is 3.69. The van der Waals surface area contributed by atoms with Crippen LogP contribution in [0.5, 0.6) is 11.5 Å². The molecule has 0 bridgehead atoms. The normalized spacial score (nSPS) is 11.0. The van der Waals surface area contributed by atoms with E-state index in [2.05, 4.69) is 37.5 Å². The summed E-state index contributed by atoms with van der Waals surface area (Å²) < 4.78 is 8.80. The molecular formula is C15H11N5O2S. The summed E-state index contributed by atoms with van der Waals surface area (Å²) in [7, 11) is 0. The van der Waals surface area contributed by atoms with Crippen molar-refractivity contribution in [3.05, 3.63) is 53.2 Å². The zero-order valence-electron chi connectivity index (χ0n) is 11.7. The average molecular weight is 325 g/mol. The zero-order valence-corrected chi connectivity index (χ0v) is 12.6. The van der Waals surface area contributed by atoms with Crippen molar-refractivity contribution in [1.82, 2.24) is 19.9 Å². The Hall–Kier alpha value is -3.00. The zero-order chi connectivity index (χ0) is 15.8. The number of hydrogen-bond donors (Lipinski definition) is 4. The number of H-pyrrole nitrogens is 2. The quantitative estimate of drug-likeness (QED) is 0.434. The lowest BCUT2D eigenvalue weighted by Crippen LogP contribution is -1.99. The number of thiol groups is 1. The molecular weight excluding hydrogens is 314 g/mol. The van der Waals surface area contributed by atoms with Gasteiger partial charge in [0.25, 0.3) is 0 Å². The highest BCUT2D eigenvalue weighted by atomic mass is 32.1. The number of benzene rings is 1. The van der Waals surface area contributed by atoms with Gasteiger partial charge in [0.1, 0.15) is 11.3 Å². The molecule has 3 aromatic heterocycles. The first-order valence-corrected chi connectivity index (χ1v) is 7.23. The molecule has 0 aliphatic rings. The maximum atomic E-state index is 11.5. The fraction of sp³-hybridized carbons (Fsp3) is 0. The molecule has 0 unspecified atom stereocenters. The van der Waals surface area contributed by atoms with E-state index in [1.165, 1.54) is 0 Å². The van der Waals surface area contributed by atoms with Crippen molar-refractivity contribution in [2.24, 2.45) is 0 Å². The van der Waals surface area contributed by atoms with Crippen LogP contribution >= 0.6 is 12.8 Å². The summed E-state index contributed by atoms with van der Waals surface area (Å²) in [6.07, 6.45) is 3.28. The van der Waals surface area contributed by atoms with E-state index in [1.54, 1.807) is 18.5 Å². The third kappa shape index (κ3) is 2.29. The number of hydrogen-bond acceptors (Lipinski definition) is 6. The molecule has 0 atom stereocenters. The smallest absolute Gasteiger partial charge is 0.325 e. The molecule has 0 aliphatic carbocycles. The number of nitrogens with zero attached hydrogens (tertiary/aromatic N) is 2. The lowest BCUT2D eigenvalue weighted by atomic mass is 10.1. The van der Waals surface area contributed by atoms with Gasteiger partial charge in [-0.1, -0.05) is 12.8 Å². The van der Waals surface area contributed by atoms with Gasteiger partial charge in [0, 0.05) is 23.8 Å². The number of nitrogens with one attached hydrogen (secondary N) is 3. The van der Waals surface area contributed by atoms with Gasteiger partial charge in [-0.3, -0.25) is 9.97 Å². The van der Waals surface area contributed by atoms with Crippen LogP contribution in [0, 0.1) is 0 Å². The minimum atomic E-state index is -0.329. The second-order valence-electron chi connectivity index (χ2n) is 4.84. The number of imidazole rings is 1. The van der Waals surface area contributed by atoms with Crippen molar-refractivity contribution in [3.63, 3.8) is 0 Å². The SMILES string of the molecule is O=c1[nH]c2nccc(Oc3ccc(NS)c4ncccc34)c2[nH]1. The van der Waals surface area contributed by atoms with E-state index >= 15 is 0 Å². The lowest BCUT2D eigenvalue weighted by Gasteiger charge is -2.11. The van der Waals surface area contributed by atoms with E-state index < -0.39 is 0 Å². The molecule has 23 heavy (non-hydrogen) atoms. The van der Waals surface area contributed by atoms with Crippen LogP contribution in [0.3, 0.4) is 0 Å². The Kier molecular flexibility index (Phi) is 3.16. The van der Waals surface area contributed by atoms with Gasteiger partial charge in [-0.25, -0.2) is 9.78 Å². The summed E-state index contributed by atoms with van der Waals surface area (Å²) in [5, 5.41) is 0.828. The van der Waals surface area contributed by atoms with E-state index in [-0.39, 0.29) is 5.69 Å². The number of fused-ring (bicyclic) bond motifs is 2. The molecule has 114 valence electrons. The Morgan fingerprint density at radius 1 is 1.04 bits per heavy atom. The van der Waals surface area contributed by atoms with Crippen LogP contribution in [0.1, 0.15) is 0 Å². The fourth-order valence-corrected chi connectivity index (χ4v) is 2.62. The molecule has 0 saturated heterocycles. The van der Waals surface area contributed by atoms with Gasteiger partial charge >= 0.3 is 5.69 Å². The topological polar surface area (TPSA) is 95.7 Å². The average Bonchev–Trinajstić information content (AvgIpc) is 2.96. The first kappa shape index (κ1) is 13.6. The maximum absolute atomic E-state index is 11.5. The molecule has 3 N–H and O–H groups in total. The highest BCUT2D eigenvalue weighted by Gasteiger charge is 2.11. The summed E-state index contributed by atoms with van der Waals surface area (Å²) in [5.41, 5.74) is 2.17. The molecule has 4 aromatic rings. The highest BCUT2D eigenvalue weighted by Crippen LogP contribution is 2.34. The predicted molar refractivity (Wildman–Crippen MR) is 91.1 cm³/mol. The Balaban J connectivity index is 1.88. The molecule has 0 spiro atoms. The van der Waals surface area contributed by atoms with E-state index in [9.17, 15) is 4.79 Å². The summed E-state index contributed by atoms with van der Waals surface area (Å²) in [6, 6.07) is 9.08. The summed E-state index contributed by atoms with van der Waals surface area (Å²) in [6.45, 7) is 0. The second-order valence-corrected chi connectivity index (χ2v) is 5.06. The Morgan fingerprint density at radius 2 is 1.96 bits per heavy atom. The number of anilines is 1. The highest BCUT2D eigenvalue weighted by molar-refractivity contribution is 7.81. The molecule has 0 radical (unpaired) electrons. The lowest BCUT2D eigenvalue weighted by molar-refractivity contribution is 0.492. The summed E-state index contributed by atoms with van der Waals surface area (Å²) >= 11 is 4.09. The monoisotopic (exact) mass is 325 g/mol. The van der Waals surface area contributed by atoms with Gasteiger partial charge < -0.3 is 14.4 Å². The van der Waals surface area contributed by atoms with Gasteiger partial charge in [0.15, 0.2) is 11.4 Å². The van der Waals surface area contributed by atoms with E-state index in [4.69, 9.17) is 4.74 Å². The van der Waals surface area contributed by atoms with Gasteiger partial charge in [-0.15, -0.1) is 0 Å². The van der Waals surface area contributed by atoms with Gasteiger partial charge in [-0.2, -0.15) is 0 Å². The second kappa shape index (κ2) is 5.33. The Labute approximate surface area is 135 Å². The maximum Gasteiger partial charge on any atom is 0.325 e. The molecule has 8 heteroatoms. The van der Waals surface area contributed by atoms with Crippen molar-refractivity contribution in [3.8, 4) is 11.5 Å². The van der Waals surface area contributed by atoms with Crippen LogP contribution in [-0.4, -0.2) is 19.9 Å². The molecule has 7 nitrogen and oxygen atoms in total. The third-order valence-electron chi connectivity index (χ3n) is 3.45. The van der Waals surface area contributed by atoms with Crippen molar-refractivity contribution >= 4 is 40.6 Å². The molecule has 3 heterocycles. The Morgan fingerprint density at radius 3 is 2.83 bits per heavy atom. The van der Waals surface area contributed by atoms with Crippen molar-refractivity contribution < 1.29 is 4.74 Å².